The molecule has 0 rings (SSSR count). The summed E-state index contributed by atoms with van der Waals surface area (Å²) in [6.45, 7) is 9.50. The van der Waals surface area contributed by atoms with Gasteiger partial charge in [0.05, 0.1) is 18.1 Å². The molecule has 0 aromatic carbocycles. The largest absolute Gasteiger partial charge is 0.466 e. The molecule has 2 atom stereocenters. The van der Waals surface area contributed by atoms with Crippen LogP contribution in [-0.4, -0.2) is 23.8 Å². The summed E-state index contributed by atoms with van der Waals surface area (Å²) in [6.07, 6.45) is 0.204. The molecule has 0 saturated heterocycles. The SMILES string of the molecule is CCOC(=O)C(C)(C)C(O)C(C)CC. The zero-order valence-electron chi connectivity index (χ0n) is 9.83. The molecule has 14 heavy (non-hydrogen) atoms. The number of rotatable bonds is 5. The first-order valence-corrected chi connectivity index (χ1v) is 5.23. The normalized spacial score (nSPS) is 16.1. The number of carbonyl (C=O) groups is 1. The fraction of sp³-hybridized carbons (Fsp3) is 0.909. The van der Waals surface area contributed by atoms with E-state index < -0.39 is 11.5 Å². The van der Waals surface area contributed by atoms with Crippen molar-refractivity contribution in [3.8, 4) is 0 Å². The van der Waals surface area contributed by atoms with E-state index in [1.54, 1.807) is 20.8 Å². The Morgan fingerprint density at radius 2 is 1.93 bits per heavy atom. The topological polar surface area (TPSA) is 46.5 Å². The minimum Gasteiger partial charge on any atom is -0.466 e. The highest BCUT2D eigenvalue weighted by molar-refractivity contribution is 5.76. The molecule has 2 unspecified atom stereocenters. The summed E-state index contributed by atoms with van der Waals surface area (Å²) < 4.78 is 4.92. The number of esters is 1. The molecule has 0 aliphatic rings. The third kappa shape index (κ3) is 2.98. The molecule has 0 saturated carbocycles. The van der Waals surface area contributed by atoms with Crippen LogP contribution in [0.5, 0.6) is 0 Å². The average molecular weight is 202 g/mol. The van der Waals surface area contributed by atoms with Crippen LogP contribution >= 0.6 is 0 Å². The summed E-state index contributed by atoms with van der Waals surface area (Å²) in [6, 6.07) is 0. The first-order valence-electron chi connectivity index (χ1n) is 5.23. The molecular formula is C11H22O3. The highest BCUT2D eigenvalue weighted by Crippen LogP contribution is 2.29. The second-order valence-electron chi connectivity index (χ2n) is 4.27. The molecule has 0 bridgehead atoms. The van der Waals surface area contributed by atoms with Gasteiger partial charge in [-0.2, -0.15) is 0 Å². The molecule has 0 heterocycles. The Labute approximate surface area is 86.5 Å². The Hall–Kier alpha value is -0.570. The van der Waals surface area contributed by atoms with Crippen LogP contribution in [0.15, 0.2) is 0 Å². The van der Waals surface area contributed by atoms with Crippen molar-refractivity contribution < 1.29 is 14.6 Å². The molecule has 0 aromatic heterocycles. The van der Waals surface area contributed by atoms with Crippen molar-refractivity contribution in [1.82, 2.24) is 0 Å². The molecule has 0 radical (unpaired) electrons. The van der Waals surface area contributed by atoms with Gasteiger partial charge in [-0.15, -0.1) is 0 Å². The summed E-state index contributed by atoms with van der Waals surface area (Å²) in [5.74, 6) is -0.220. The molecular weight excluding hydrogens is 180 g/mol. The quantitative estimate of drug-likeness (QED) is 0.693. The third-order valence-corrected chi connectivity index (χ3v) is 2.72. The lowest BCUT2D eigenvalue weighted by atomic mass is 9.79. The van der Waals surface area contributed by atoms with Crippen LogP contribution in [0.2, 0.25) is 0 Å². The maximum Gasteiger partial charge on any atom is 0.314 e. The van der Waals surface area contributed by atoms with E-state index in [1.807, 2.05) is 13.8 Å². The van der Waals surface area contributed by atoms with Crippen molar-refractivity contribution in [2.24, 2.45) is 11.3 Å². The van der Waals surface area contributed by atoms with Gasteiger partial charge < -0.3 is 9.84 Å². The van der Waals surface area contributed by atoms with E-state index >= 15 is 0 Å². The van der Waals surface area contributed by atoms with Gasteiger partial charge in [0.1, 0.15) is 0 Å². The van der Waals surface area contributed by atoms with Gasteiger partial charge in [-0.25, -0.2) is 0 Å². The predicted octanol–water partition coefficient (Wildman–Crippen LogP) is 1.98. The van der Waals surface area contributed by atoms with Gasteiger partial charge in [0.2, 0.25) is 0 Å². The van der Waals surface area contributed by atoms with Gasteiger partial charge in [-0.05, 0) is 26.7 Å². The zero-order chi connectivity index (χ0) is 11.4. The van der Waals surface area contributed by atoms with Crippen LogP contribution < -0.4 is 0 Å². The Balaban J connectivity index is 4.50. The van der Waals surface area contributed by atoms with Gasteiger partial charge >= 0.3 is 5.97 Å². The van der Waals surface area contributed by atoms with Crippen LogP contribution in [0.4, 0.5) is 0 Å². The third-order valence-electron chi connectivity index (χ3n) is 2.72. The van der Waals surface area contributed by atoms with Gasteiger partial charge in [-0.1, -0.05) is 20.3 Å². The summed E-state index contributed by atoms with van der Waals surface area (Å²) >= 11 is 0. The van der Waals surface area contributed by atoms with E-state index in [0.717, 1.165) is 6.42 Å². The predicted molar refractivity (Wildman–Crippen MR) is 55.9 cm³/mol. The molecule has 84 valence electrons. The first-order chi connectivity index (χ1) is 6.37. The Morgan fingerprint density at radius 1 is 1.43 bits per heavy atom. The van der Waals surface area contributed by atoms with Crippen molar-refractivity contribution >= 4 is 5.97 Å². The van der Waals surface area contributed by atoms with Crippen LogP contribution in [-0.2, 0) is 9.53 Å². The van der Waals surface area contributed by atoms with Crippen LogP contribution in [0.3, 0.4) is 0 Å². The van der Waals surface area contributed by atoms with E-state index in [1.165, 1.54) is 0 Å². The van der Waals surface area contributed by atoms with E-state index in [2.05, 4.69) is 0 Å². The standard InChI is InChI=1S/C11H22O3/c1-6-8(3)9(12)11(4,5)10(13)14-7-2/h8-9,12H,6-7H2,1-5H3. The maximum atomic E-state index is 11.5. The molecule has 1 N–H and O–H groups in total. The minimum absolute atomic E-state index is 0.106. The van der Waals surface area contributed by atoms with Crippen molar-refractivity contribution in [2.45, 2.75) is 47.1 Å². The smallest absolute Gasteiger partial charge is 0.314 e. The van der Waals surface area contributed by atoms with Gasteiger partial charge in [-0.3, -0.25) is 4.79 Å². The number of carbonyl (C=O) groups excluding carboxylic acids is 1. The molecule has 0 aliphatic heterocycles. The number of aliphatic hydroxyl groups is 1. The monoisotopic (exact) mass is 202 g/mol. The lowest BCUT2D eigenvalue weighted by Crippen LogP contribution is -2.42. The number of hydrogen-bond donors (Lipinski definition) is 1. The van der Waals surface area contributed by atoms with E-state index in [0.29, 0.717) is 6.61 Å². The summed E-state index contributed by atoms with van der Waals surface area (Å²) in [5, 5.41) is 9.94. The fourth-order valence-electron chi connectivity index (χ4n) is 1.37. The lowest BCUT2D eigenvalue weighted by Gasteiger charge is -2.31. The van der Waals surface area contributed by atoms with Crippen LogP contribution in [0.1, 0.15) is 41.0 Å². The second kappa shape index (κ2) is 5.35. The van der Waals surface area contributed by atoms with Crippen LogP contribution in [0.25, 0.3) is 0 Å². The molecule has 0 amide bonds. The molecule has 3 nitrogen and oxygen atoms in total. The molecule has 0 spiro atoms. The van der Waals surface area contributed by atoms with Crippen molar-refractivity contribution in [3.05, 3.63) is 0 Å². The Kier molecular flexibility index (Phi) is 5.13. The average Bonchev–Trinajstić information content (AvgIpc) is 2.15. The number of hydrogen-bond acceptors (Lipinski definition) is 3. The first kappa shape index (κ1) is 13.4. The Morgan fingerprint density at radius 3 is 2.29 bits per heavy atom. The van der Waals surface area contributed by atoms with Crippen LogP contribution in [0, 0.1) is 11.3 Å². The zero-order valence-corrected chi connectivity index (χ0v) is 9.83. The van der Waals surface area contributed by atoms with Gasteiger partial charge in [0, 0.05) is 0 Å². The number of ether oxygens (including phenoxy) is 1. The van der Waals surface area contributed by atoms with Gasteiger partial charge in [0.15, 0.2) is 0 Å². The summed E-state index contributed by atoms with van der Waals surface area (Å²) in [4.78, 5) is 11.5. The molecule has 0 aromatic rings. The molecule has 0 fully saturated rings. The summed E-state index contributed by atoms with van der Waals surface area (Å²) in [7, 11) is 0. The minimum atomic E-state index is -0.814. The fourth-order valence-corrected chi connectivity index (χ4v) is 1.37. The highest BCUT2D eigenvalue weighted by Gasteiger charge is 2.39. The van der Waals surface area contributed by atoms with Crippen molar-refractivity contribution in [3.63, 3.8) is 0 Å². The summed E-state index contributed by atoms with van der Waals surface area (Å²) in [5.41, 5.74) is -0.814. The highest BCUT2D eigenvalue weighted by atomic mass is 16.5. The maximum absolute atomic E-state index is 11.5. The Bertz CT molecular complexity index is 187. The number of aliphatic hydroxyl groups excluding tert-OH is 1. The molecule has 3 heteroatoms. The lowest BCUT2D eigenvalue weighted by molar-refractivity contribution is -0.162. The van der Waals surface area contributed by atoms with Crippen molar-refractivity contribution in [1.29, 1.82) is 0 Å². The van der Waals surface area contributed by atoms with Crippen molar-refractivity contribution in [2.75, 3.05) is 6.61 Å². The second-order valence-corrected chi connectivity index (χ2v) is 4.27. The van der Waals surface area contributed by atoms with E-state index in [4.69, 9.17) is 4.74 Å². The van der Waals surface area contributed by atoms with E-state index in [9.17, 15) is 9.90 Å². The van der Waals surface area contributed by atoms with Gasteiger partial charge in [0.25, 0.3) is 0 Å². The van der Waals surface area contributed by atoms with E-state index in [-0.39, 0.29) is 11.9 Å². The molecule has 0 aliphatic carbocycles.